The van der Waals surface area contributed by atoms with Crippen molar-refractivity contribution in [2.45, 2.75) is 44.1 Å². The van der Waals surface area contributed by atoms with Crippen LogP contribution in [0.2, 0.25) is 0 Å². The smallest absolute Gasteiger partial charge is 0.171 e. The van der Waals surface area contributed by atoms with Crippen molar-refractivity contribution in [2.75, 3.05) is 34.9 Å². The normalized spacial score (nSPS) is 21.2. The van der Waals surface area contributed by atoms with Crippen LogP contribution in [0.15, 0.2) is 0 Å². The highest BCUT2D eigenvalue weighted by Crippen LogP contribution is 2.35. The van der Waals surface area contributed by atoms with Crippen molar-refractivity contribution in [3.8, 4) is 0 Å². The largest absolute Gasteiger partial charge is 0.354 e. The van der Waals surface area contributed by atoms with Crippen LogP contribution in [-0.4, -0.2) is 57.6 Å². The van der Waals surface area contributed by atoms with Gasteiger partial charge in [-0.05, 0) is 40.3 Å². The van der Waals surface area contributed by atoms with Crippen molar-refractivity contribution in [1.82, 2.24) is 10.2 Å². The molecule has 0 amide bonds. The van der Waals surface area contributed by atoms with Crippen molar-refractivity contribution >= 4 is 0 Å². The molecule has 1 aliphatic carbocycles. The molecular formula is C12H26N2O2. The van der Waals surface area contributed by atoms with Crippen LogP contribution in [0.25, 0.3) is 0 Å². The van der Waals surface area contributed by atoms with Crippen LogP contribution in [0.1, 0.15) is 26.2 Å². The molecule has 0 aliphatic heterocycles. The van der Waals surface area contributed by atoms with E-state index in [-0.39, 0.29) is 12.3 Å². The minimum Gasteiger partial charge on any atom is -0.354 e. The minimum absolute atomic E-state index is 0.167. The van der Waals surface area contributed by atoms with E-state index < -0.39 is 0 Å². The van der Waals surface area contributed by atoms with Gasteiger partial charge in [-0.15, -0.1) is 0 Å². The van der Waals surface area contributed by atoms with Crippen LogP contribution in [0.5, 0.6) is 0 Å². The van der Waals surface area contributed by atoms with Gasteiger partial charge in [0.25, 0.3) is 0 Å². The maximum Gasteiger partial charge on any atom is 0.171 e. The molecule has 4 heteroatoms. The fourth-order valence-corrected chi connectivity index (χ4v) is 2.32. The first-order chi connectivity index (χ1) is 7.55. The molecule has 0 saturated heterocycles. The van der Waals surface area contributed by atoms with Crippen LogP contribution in [-0.2, 0) is 9.47 Å². The third-order valence-electron chi connectivity index (χ3n) is 3.86. The molecule has 0 bridgehead atoms. The Morgan fingerprint density at radius 1 is 1.25 bits per heavy atom. The molecule has 1 N–H and O–H groups in total. The summed E-state index contributed by atoms with van der Waals surface area (Å²) >= 11 is 0. The molecule has 1 rings (SSSR count). The van der Waals surface area contributed by atoms with E-state index in [2.05, 4.69) is 31.2 Å². The Kier molecular flexibility index (Phi) is 5.18. The Morgan fingerprint density at radius 2 is 1.81 bits per heavy atom. The third kappa shape index (κ3) is 2.94. The summed E-state index contributed by atoms with van der Waals surface area (Å²) in [5.41, 5.74) is 0.348. The van der Waals surface area contributed by atoms with Crippen LogP contribution >= 0.6 is 0 Å². The molecule has 1 saturated carbocycles. The van der Waals surface area contributed by atoms with Crippen LogP contribution < -0.4 is 5.32 Å². The van der Waals surface area contributed by atoms with E-state index in [0.29, 0.717) is 5.54 Å². The number of nitrogens with zero attached hydrogens (tertiary/aromatic N) is 1. The van der Waals surface area contributed by atoms with Gasteiger partial charge in [-0.25, -0.2) is 0 Å². The average Bonchev–Trinajstić information content (AvgIpc) is 2.17. The molecular weight excluding hydrogens is 204 g/mol. The molecule has 1 aliphatic rings. The number of methoxy groups -OCH3 is 2. The van der Waals surface area contributed by atoms with E-state index >= 15 is 0 Å². The number of rotatable bonds is 7. The summed E-state index contributed by atoms with van der Waals surface area (Å²) in [4.78, 5) is 2.34. The first-order valence-corrected chi connectivity index (χ1v) is 6.02. The lowest BCUT2D eigenvalue weighted by atomic mass is 9.75. The lowest BCUT2D eigenvalue weighted by molar-refractivity contribution is -0.121. The van der Waals surface area contributed by atoms with E-state index in [1.807, 2.05) is 0 Å². The van der Waals surface area contributed by atoms with Gasteiger partial charge < -0.3 is 19.7 Å². The van der Waals surface area contributed by atoms with Crippen molar-refractivity contribution < 1.29 is 9.47 Å². The van der Waals surface area contributed by atoms with Gasteiger partial charge in [0.05, 0.1) is 6.04 Å². The molecule has 0 spiro atoms. The summed E-state index contributed by atoms with van der Waals surface area (Å²) < 4.78 is 10.5. The molecule has 0 aromatic rings. The zero-order valence-corrected chi connectivity index (χ0v) is 11.2. The second-order valence-electron chi connectivity index (χ2n) is 4.98. The molecule has 0 aromatic heterocycles. The number of likely N-dealkylation sites (N-methyl/N-ethyl adjacent to an activating group) is 1. The molecule has 4 nitrogen and oxygen atoms in total. The topological polar surface area (TPSA) is 33.7 Å². The number of nitrogens with one attached hydrogen (secondary N) is 1. The molecule has 0 heterocycles. The highest BCUT2D eigenvalue weighted by atomic mass is 16.7. The molecule has 0 aromatic carbocycles. The highest BCUT2D eigenvalue weighted by molar-refractivity contribution is 4.98. The Hall–Kier alpha value is -0.160. The Morgan fingerprint density at radius 3 is 2.12 bits per heavy atom. The van der Waals surface area contributed by atoms with E-state index in [1.54, 1.807) is 14.2 Å². The fourth-order valence-electron chi connectivity index (χ4n) is 2.32. The van der Waals surface area contributed by atoms with Gasteiger partial charge in [0.1, 0.15) is 0 Å². The van der Waals surface area contributed by atoms with Gasteiger partial charge >= 0.3 is 0 Å². The SMILES string of the molecule is COC(OC)C(C)NCC1(N(C)C)CCC1. The lowest BCUT2D eigenvalue weighted by Gasteiger charge is -2.48. The van der Waals surface area contributed by atoms with Crippen molar-refractivity contribution in [1.29, 1.82) is 0 Å². The number of hydrogen-bond donors (Lipinski definition) is 1. The maximum atomic E-state index is 5.24. The standard InChI is InChI=1S/C12H26N2O2/c1-10(11(15-4)16-5)13-9-12(14(2)3)7-6-8-12/h10-11,13H,6-9H2,1-5H3. The Balaban J connectivity index is 2.38. The Labute approximate surface area is 99.3 Å². The van der Waals surface area contributed by atoms with Crippen molar-refractivity contribution in [2.24, 2.45) is 0 Å². The summed E-state index contributed by atoms with van der Waals surface area (Å²) in [6, 6.07) is 0.215. The van der Waals surface area contributed by atoms with Crippen LogP contribution in [0.4, 0.5) is 0 Å². The molecule has 1 atom stereocenters. The van der Waals surface area contributed by atoms with Gasteiger partial charge in [-0.3, -0.25) is 0 Å². The van der Waals surface area contributed by atoms with Gasteiger partial charge in [0.2, 0.25) is 0 Å². The molecule has 96 valence electrons. The Bertz CT molecular complexity index is 201. The third-order valence-corrected chi connectivity index (χ3v) is 3.86. The van der Waals surface area contributed by atoms with E-state index in [0.717, 1.165) is 6.54 Å². The summed E-state index contributed by atoms with van der Waals surface area (Å²) in [5, 5.41) is 3.52. The second kappa shape index (κ2) is 5.96. The van der Waals surface area contributed by atoms with E-state index in [1.165, 1.54) is 19.3 Å². The van der Waals surface area contributed by atoms with Gasteiger partial charge in [0, 0.05) is 26.3 Å². The molecule has 1 fully saturated rings. The summed E-state index contributed by atoms with van der Waals surface area (Å²) in [6.45, 7) is 3.10. The minimum atomic E-state index is -0.167. The molecule has 0 radical (unpaired) electrons. The monoisotopic (exact) mass is 230 g/mol. The zero-order valence-electron chi connectivity index (χ0n) is 11.2. The summed E-state index contributed by atoms with van der Waals surface area (Å²) in [6.07, 6.45) is 3.74. The molecule has 1 unspecified atom stereocenters. The first kappa shape index (κ1) is 13.9. The first-order valence-electron chi connectivity index (χ1n) is 6.02. The predicted octanol–water partition coefficient (Wildman–Crippen LogP) is 1.07. The quantitative estimate of drug-likeness (QED) is 0.663. The second-order valence-corrected chi connectivity index (χ2v) is 4.98. The van der Waals surface area contributed by atoms with Crippen LogP contribution in [0, 0.1) is 0 Å². The maximum absolute atomic E-state index is 5.24. The van der Waals surface area contributed by atoms with Gasteiger partial charge in [-0.2, -0.15) is 0 Å². The van der Waals surface area contributed by atoms with Gasteiger partial charge in [0.15, 0.2) is 6.29 Å². The van der Waals surface area contributed by atoms with E-state index in [4.69, 9.17) is 9.47 Å². The summed E-state index contributed by atoms with van der Waals surface area (Å²) in [7, 11) is 7.68. The molecule has 16 heavy (non-hydrogen) atoms. The summed E-state index contributed by atoms with van der Waals surface area (Å²) in [5.74, 6) is 0. The number of ether oxygens (including phenoxy) is 2. The van der Waals surface area contributed by atoms with Crippen molar-refractivity contribution in [3.05, 3.63) is 0 Å². The fraction of sp³-hybridized carbons (Fsp3) is 1.00. The van der Waals surface area contributed by atoms with Gasteiger partial charge in [-0.1, -0.05) is 0 Å². The van der Waals surface area contributed by atoms with Crippen molar-refractivity contribution in [3.63, 3.8) is 0 Å². The average molecular weight is 230 g/mol. The number of hydrogen-bond acceptors (Lipinski definition) is 4. The zero-order chi connectivity index (χ0) is 12.2. The highest BCUT2D eigenvalue weighted by Gasteiger charge is 2.39. The van der Waals surface area contributed by atoms with E-state index in [9.17, 15) is 0 Å². The predicted molar refractivity (Wildman–Crippen MR) is 65.5 cm³/mol. The lowest BCUT2D eigenvalue weighted by Crippen LogP contribution is -2.58. The van der Waals surface area contributed by atoms with Crippen LogP contribution in [0.3, 0.4) is 0 Å².